The highest BCUT2D eigenvalue weighted by Crippen LogP contribution is 2.18. The Hall–Kier alpha value is -1.75. The van der Waals surface area contributed by atoms with Gasteiger partial charge in [0, 0.05) is 18.8 Å². The Morgan fingerprint density at radius 1 is 1.25 bits per heavy atom. The minimum absolute atomic E-state index is 0.433. The minimum Gasteiger partial charge on any atom is -0.386 e. The van der Waals surface area contributed by atoms with Crippen LogP contribution in [0, 0.1) is 6.92 Å². The summed E-state index contributed by atoms with van der Waals surface area (Å²) in [5.74, 6) is 0.670. The highest BCUT2D eigenvalue weighted by Gasteiger charge is 2.14. The summed E-state index contributed by atoms with van der Waals surface area (Å²) in [4.78, 5) is 8.28. The molecule has 2 aromatic rings. The molecular weight excluding hydrogens is 252 g/mol. The van der Waals surface area contributed by atoms with Crippen molar-refractivity contribution < 1.29 is 5.11 Å². The number of aromatic nitrogens is 4. The van der Waals surface area contributed by atoms with Gasteiger partial charge in [0.1, 0.15) is 11.9 Å². The zero-order valence-electron chi connectivity index (χ0n) is 12.3. The van der Waals surface area contributed by atoms with Crippen LogP contribution in [0.2, 0.25) is 0 Å². The number of hydrogen-bond donors (Lipinski definition) is 1. The summed E-state index contributed by atoms with van der Waals surface area (Å²) < 4.78 is 1.99. The van der Waals surface area contributed by atoms with Crippen molar-refractivity contribution in [2.24, 2.45) is 0 Å². The molecule has 0 fully saturated rings. The molecule has 0 aliphatic heterocycles. The van der Waals surface area contributed by atoms with E-state index in [2.05, 4.69) is 28.9 Å². The fourth-order valence-corrected chi connectivity index (χ4v) is 2.32. The monoisotopic (exact) mass is 274 g/mol. The molecule has 20 heavy (non-hydrogen) atoms. The molecule has 108 valence electrons. The zero-order valence-corrected chi connectivity index (χ0v) is 12.3. The molecule has 5 heteroatoms. The predicted octanol–water partition coefficient (Wildman–Crippen LogP) is 2.62. The van der Waals surface area contributed by atoms with Gasteiger partial charge in [-0.2, -0.15) is 5.10 Å². The van der Waals surface area contributed by atoms with Crippen LogP contribution in [-0.4, -0.2) is 24.9 Å². The molecule has 2 aromatic heterocycles. The van der Waals surface area contributed by atoms with Crippen LogP contribution in [0.1, 0.15) is 56.0 Å². The molecule has 1 N–H and O–H groups in total. The number of hydrogen-bond acceptors (Lipinski definition) is 4. The van der Waals surface area contributed by atoms with E-state index in [-0.39, 0.29) is 0 Å². The highest BCUT2D eigenvalue weighted by molar-refractivity contribution is 5.10. The molecule has 0 aliphatic carbocycles. The van der Waals surface area contributed by atoms with Gasteiger partial charge in [-0.25, -0.2) is 9.97 Å². The number of aliphatic hydroxyl groups excluding tert-OH is 1. The SMILES string of the molecule is CCC(CC)n1ccc(CC(O)c2ccnc(C)n2)n1. The Morgan fingerprint density at radius 2 is 2.00 bits per heavy atom. The van der Waals surface area contributed by atoms with Gasteiger partial charge in [0.25, 0.3) is 0 Å². The van der Waals surface area contributed by atoms with Gasteiger partial charge in [0.05, 0.1) is 17.4 Å². The third-order valence-electron chi connectivity index (χ3n) is 3.52. The molecule has 0 bridgehead atoms. The van der Waals surface area contributed by atoms with Crippen LogP contribution in [0.3, 0.4) is 0 Å². The van der Waals surface area contributed by atoms with Crippen molar-refractivity contribution in [1.29, 1.82) is 0 Å². The van der Waals surface area contributed by atoms with E-state index in [4.69, 9.17) is 0 Å². The Labute approximate surface area is 119 Å². The van der Waals surface area contributed by atoms with Crippen molar-refractivity contribution in [3.8, 4) is 0 Å². The Balaban J connectivity index is 2.06. The number of rotatable bonds is 6. The lowest BCUT2D eigenvalue weighted by molar-refractivity contribution is 0.171. The second kappa shape index (κ2) is 6.61. The molecule has 0 radical (unpaired) electrons. The van der Waals surface area contributed by atoms with E-state index < -0.39 is 6.10 Å². The predicted molar refractivity (Wildman–Crippen MR) is 77.3 cm³/mol. The summed E-state index contributed by atoms with van der Waals surface area (Å²) in [6, 6.07) is 4.15. The smallest absolute Gasteiger partial charge is 0.125 e. The number of nitrogens with zero attached hydrogens (tertiary/aromatic N) is 4. The van der Waals surface area contributed by atoms with E-state index in [1.807, 2.05) is 23.9 Å². The molecular formula is C15H22N4O. The lowest BCUT2D eigenvalue weighted by Crippen LogP contribution is -2.10. The lowest BCUT2D eigenvalue weighted by atomic mass is 10.1. The molecule has 2 rings (SSSR count). The van der Waals surface area contributed by atoms with E-state index in [0.717, 1.165) is 18.5 Å². The summed E-state index contributed by atoms with van der Waals surface area (Å²) in [7, 11) is 0. The fraction of sp³-hybridized carbons (Fsp3) is 0.533. The normalized spacial score (nSPS) is 12.8. The quantitative estimate of drug-likeness (QED) is 0.879. The fourth-order valence-electron chi connectivity index (χ4n) is 2.32. The van der Waals surface area contributed by atoms with Crippen LogP contribution in [-0.2, 0) is 6.42 Å². The standard InChI is InChI=1S/C15H22N4O/c1-4-13(5-2)19-9-7-12(18-19)10-15(20)14-6-8-16-11(3)17-14/h6-9,13,15,20H,4-5,10H2,1-3H3. The second-order valence-corrected chi connectivity index (χ2v) is 5.01. The minimum atomic E-state index is -0.637. The van der Waals surface area contributed by atoms with E-state index in [1.54, 1.807) is 12.3 Å². The van der Waals surface area contributed by atoms with Gasteiger partial charge in [-0.15, -0.1) is 0 Å². The maximum Gasteiger partial charge on any atom is 0.125 e. The van der Waals surface area contributed by atoms with E-state index in [9.17, 15) is 5.11 Å². The van der Waals surface area contributed by atoms with Crippen molar-refractivity contribution in [3.63, 3.8) is 0 Å². The van der Waals surface area contributed by atoms with Gasteiger partial charge in [-0.05, 0) is 31.9 Å². The first-order chi connectivity index (χ1) is 9.63. The van der Waals surface area contributed by atoms with Gasteiger partial charge >= 0.3 is 0 Å². The lowest BCUT2D eigenvalue weighted by Gasteiger charge is -2.13. The van der Waals surface area contributed by atoms with Crippen LogP contribution in [0.5, 0.6) is 0 Å². The molecule has 5 nitrogen and oxygen atoms in total. The van der Waals surface area contributed by atoms with Crippen molar-refractivity contribution in [2.75, 3.05) is 0 Å². The maximum atomic E-state index is 10.2. The van der Waals surface area contributed by atoms with E-state index in [1.165, 1.54) is 0 Å². The van der Waals surface area contributed by atoms with E-state index >= 15 is 0 Å². The second-order valence-electron chi connectivity index (χ2n) is 5.01. The van der Waals surface area contributed by atoms with Crippen molar-refractivity contribution in [3.05, 3.63) is 41.7 Å². The Bertz CT molecular complexity index is 548. The first-order valence-electron chi connectivity index (χ1n) is 7.15. The van der Waals surface area contributed by atoms with Crippen LogP contribution in [0.25, 0.3) is 0 Å². The van der Waals surface area contributed by atoms with Crippen LogP contribution in [0.15, 0.2) is 24.5 Å². The largest absolute Gasteiger partial charge is 0.386 e. The molecule has 0 amide bonds. The molecule has 0 saturated carbocycles. The molecule has 1 atom stereocenters. The first kappa shape index (κ1) is 14.7. The number of aryl methyl sites for hydroxylation is 1. The van der Waals surface area contributed by atoms with Gasteiger partial charge in [0.2, 0.25) is 0 Å². The maximum absolute atomic E-state index is 10.2. The molecule has 0 saturated heterocycles. The van der Waals surface area contributed by atoms with Gasteiger partial charge in [-0.1, -0.05) is 13.8 Å². The summed E-state index contributed by atoms with van der Waals surface area (Å²) in [5.41, 5.74) is 1.54. The van der Waals surface area contributed by atoms with Crippen molar-refractivity contribution in [1.82, 2.24) is 19.7 Å². The molecule has 1 unspecified atom stereocenters. The topological polar surface area (TPSA) is 63.8 Å². The van der Waals surface area contributed by atoms with Gasteiger partial charge in [0.15, 0.2) is 0 Å². The molecule has 2 heterocycles. The highest BCUT2D eigenvalue weighted by atomic mass is 16.3. The number of aliphatic hydroxyl groups is 1. The van der Waals surface area contributed by atoms with Crippen LogP contribution >= 0.6 is 0 Å². The molecule has 0 aromatic carbocycles. The van der Waals surface area contributed by atoms with Crippen molar-refractivity contribution >= 4 is 0 Å². The third-order valence-corrected chi connectivity index (χ3v) is 3.52. The Kier molecular flexibility index (Phi) is 4.84. The van der Waals surface area contributed by atoms with Gasteiger partial charge in [-0.3, -0.25) is 4.68 Å². The summed E-state index contributed by atoms with van der Waals surface area (Å²) in [6.45, 7) is 6.14. The average molecular weight is 274 g/mol. The van der Waals surface area contributed by atoms with Crippen LogP contribution in [0.4, 0.5) is 0 Å². The summed E-state index contributed by atoms with van der Waals surface area (Å²) in [6.07, 6.45) is 5.62. The first-order valence-corrected chi connectivity index (χ1v) is 7.15. The van der Waals surface area contributed by atoms with Crippen LogP contribution < -0.4 is 0 Å². The van der Waals surface area contributed by atoms with Gasteiger partial charge < -0.3 is 5.11 Å². The summed E-state index contributed by atoms with van der Waals surface area (Å²) >= 11 is 0. The third kappa shape index (κ3) is 3.42. The molecule has 0 aliphatic rings. The zero-order chi connectivity index (χ0) is 14.5. The summed E-state index contributed by atoms with van der Waals surface area (Å²) in [5, 5.41) is 14.8. The van der Waals surface area contributed by atoms with Crippen molar-refractivity contribution in [2.45, 2.75) is 52.2 Å². The molecule has 0 spiro atoms. The Morgan fingerprint density at radius 3 is 2.65 bits per heavy atom. The van der Waals surface area contributed by atoms with E-state index in [0.29, 0.717) is 24.0 Å². The average Bonchev–Trinajstić information content (AvgIpc) is 2.88.